The van der Waals surface area contributed by atoms with Crippen molar-refractivity contribution in [2.45, 2.75) is 49.1 Å². The smallest absolute Gasteiger partial charge is 0.490 e. The SMILES string of the molecule is O=C(Nc1ccccc1C(=O)O)c1ccc(Oc2ccc3cc(OC4CCC(NSc5ccc(OC(F)(F)F)cc5)CC4)ccc3c2)cc1. The van der Waals surface area contributed by atoms with Gasteiger partial charge in [0.2, 0.25) is 0 Å². The van der Waals surface area contributed by atoms with E-state index in [1.165, 1.54) is 36.2 Å². The van der Waals surface area contributed by atoms with E-state index in [2.05, 4.69) is 14.8 Å². The van der Waals surface area contributed by atoms with E-state index in [9.17, 15) is 27.9 Å². The lowest BCUT2D eigenvalue weighted by Crippen LogP contribution is -2.33. The molecule has 1 aliphatic carbocycles. The quantitative estimate of drug-likeness (QED) is 0.118. The molecule has 1 saturated carbocycles. The maximum atomic E-state index is 12.7. The van der Waals surface area contributed by atoms with Crippen LogP contribution >= 0.6 is 11.9 Å². The number of carboxylic acids is 1. The average Bonchev–Trinajstić information content (AvgIpc) is 3.08. The number of hydrogen-bond acceptors (Lipinski definition) is 7. The number of carbonyl (C=O) groups is 2. The predicted molar refractivity (Wildman–Crippen MR) is 181 cm³/mol. The van der Waals surface area contributed by atoms with Gasteiger partial charge in [-0.3, -0.25) is 9.52 Å². The maximum absolute atomic E-state index is 12.7. The second-order valence-electron chi connectivity index (χ2n) is 11.4. The van der Waals surface area contributed by atoms with Gasteiger partial charge in [-0.1, -0.05) is 24.3 Å². The van der Waals surface area contributed by atoms with Crippen LogP contribution in [0.3, 0.4) is 0 Å². The third-order valence-electron chi connectivity index (χ3n) is 7.92. The Morgan fingerprint density at radius 1 is 0.735 bits per heavy atom. The van der Waals surface area contributed by atoms with Crippen molar-refractivity contribution in [1.29, 1.82) is 0 Å². The molecule has 12 heteroatoms. The molecule has 0 aromatic heterocycles. The second-order valence-corrected chi connectivity index (χ2v) is 12.3. The van der Waals surface area contributed by atoms with Crippen LogP contribution in [0.25, 0.3) is 10.8 Å². The zero-order valence-electron chi connectivity index (χ0n) is 25.9. The molecule has 0 atom stereocenters. The molecule has 5 aromatic rings. The first-order chi connectivity index (χ1) is 23.6. The van der Waals surface area contributed by atoms with E-state index in [1.54, 1.807) is 48.5 Å². The minimum absolute atomic E-state index is 0.00821. The molecule has 0 bridgehead atoms. The third-order valence-corrected chi connectivity index (χ3v) is 8.88. The molecule has 1 fully saturated rings. The Balaban J connectivity index is 0.974. The molecule has 0 heterocycles. The molecular formula is C37H31F3N2O6S. The van der Waals surface area contributed by atoms with Gasteiger partial charge in [-0.15, -0.1) is 13.2 Å². The number of benzene rings is 5. The van der Waals surface area contributed by atoms with Crippen LogP contribution in [0.1, 0.15) is 46.4 Å². The number of alkyl halides is 3. The van der Waals surface area contributed by atoms with E-state index in [0.717, 1.165) is 47.1 Å². The predicted octanol–water partition coefficient (Wildman–Crippen LogP) is 9.47. The summed E-state index contributed by atoms with van der Waals surface area (Å²) < 4.78 is 56.8. The normalized spacial score (nSPS) is 16.1. The summed E-state index contributed by atoms with van der Waals surface area (Å²) in [4.78, 5) is 24.9. The first-order valence-corrected chi connectivity index (χ1v) is 16.3. The lowest BCUT2D eigenvalue weighted by atomic mass is 9.93. The van der Waals surface area contributed by atoms with Crippen molar-refractivity contribution in [3.8, 4) is 23.0 Å². The van der Waals surface area contributed by atoms with Gasteiger partial charge in [0, 0.05) is 16.5 Å². The van der Waals surface area contributed by atoms with Crippen molar-refractivity contribution in [3.05, 3.63) is 120 Å². The van der Waals surface area contributed by atoms with Gasteiger partial charge in [-0.25, -0.2) is 4.79 Å². The molecule has 0 spiro atoms. The molecule has 0 unspecified atom stereocenters. The molecular weight excluding hydrogens is 657 g/mol. The monoisotopic (exact) mass is 688 g/mol. The summed E-state index contributed by atoms with van der Waals surface area (Å²) in [6.07, 6.45) is -1.06. The van der Waals surface area contributed by atoms with Gasteiger partial charge >= 0.3 is 12.3 Å². The van der Waals surface area contributed by atoms with Gasteiger partial charge in [-0.2, -0.15) is 0 Å². The average molecular weight is 689 g/mol. The van der Waals surface area contributed by atoms with Crippen LogP contribution in [0, 0.1) is 0 Å². The Hall–Kier alpha value is -5.20. The number of ether oxygens (including phenoxy) is 3. The van der Waals surface area contributed by atoms with Crippen LogP contribution in [0.15, 0.2) is 114 Å². The molecule has 0 radical (unpaired) electrons. The molecule has 252 valence electrons. The van der Waals surface area contributed by atoms with Crippen LogP contribution in [-0.2, 0) is 0 Å². The molecule has 8 nitrogen and oxygen atoms in total. The van der Waals surface area contributed by atoms with Crippen molar-refractivity contribution < 1.29 is 42.1 Å². The number of carbonyl (C=O) groups excluding carboxylic acids is 1. The van der Waals surface area contributed by atoms with E-state index in [1.807, 2.05) is 36.4 Å². The fourth-order valence-corrected chi connectivity index (χ4v) is 6.28. The summed E-state index contributed by atoms with van der Waals surface area (Å²) >= 11 is 1.39. The number of hydrogen-bond donors (Lipinski definition) is 3. The van der Waals surface area contributed by atoms with Crippen LogP contribution in [-0.4, -0.2) is 35.5 Å². The highest BCUT2D eigenvalue weighted by Crippen LogP contribution is 2.32. The number of amides is 1. The number of carboxylic acid groups (broad SMARTS) is 1. The Kier molecular flexibility index (Phi) is 10.3. The zero-order valence-corrected chi connectivity index (χ0v) is 26.7. The van der Waals surface area contributed by atoms with E-state index in [-0.39, 0.29) is 29.1 Å². The Bertz CT molecular complexity index is 1930. The Morgan fingerprint density at radius 2 is 1.35 bits per heavy atom. The van der Waals surface area contributed by atoms with Crippen molar-refractivity contribution in [2.24, 2.45) is 0 Å². The summed E-state index contributed by atoms with van der Waals surface area (Å²) in [6.45, 7) is 0. The number of halogens is 3. The number of nitrogens with one attached hydrogen (secondary N) is 2. The molecule has 3 N–H and O–H groups in total. The van der Waals surface area contributed by atoms with Gasteiger partial charge in [0.1, 0.15) is 23.0 Å². The third kappa shape index (κ3) is 9.24. The second kappa shape index (κ2) is 14.9. The molecule has 49 heavy (non-hydrogen) atoms. The Morgan fingerprint density at radius 3 is 2.02 bits per heavy atom. The number of rotatable bonds is 11. The number of aromatic carboxylic acids is 1. The number of para-hydroxylation sites is 1. The fourth-order valence-electron chi connectivity index (χ4n) is 5.47. The highest BCUT2D eigenvalue weighted by atomic mass is 32.2. The van der Waals surface area contributed by atoms with Gasteiger partial charge < -0.3 is 24.6 Å². The standard InChI is InChI=1S/C37H31F3N2O6S/c38-37(39,40)48-29-17-19-32(20-18-29)49-42-26-9-15-28(16-10-26)47-31-14-8-24-21-30(13-7-25(24)22-31)46-27-11-5-23(6-12-27)35(43)41-34-4-2-1-3-33(34)36(44)45/h1-8,11-14,17-22,26,28,42H,9-10,15-16H2,(H,41,43)(H,44,45). The summed E-state index contributed by atoms with van der Waals surface area (Å²) in [6, 6.07) is 30.5. The molecule has 1 aliphatic rings. The van der Waals surface area contributed by atoms with E-state index in [4.69, 9.17) is 9.47 Å². The molecule has 0 aliphatic heterocycles. The zero-order chi connectivity index (χ0) is 34.4. The van der Waals surface area contributed by atoms with Gasteiger partial charge in [0.15, 0.2) is 0 Å². The van der Waals surface area contributed by atoms with E-state index in [0.29, 0.717) is 17.1 Å². The number of anilines is 1. The lowest BCUT2D eigenvalue weighted by Gasteiger charge is -2.29. The minimum atomic E-state index is -4.71. The fraction of sp³-hybridized carbons (Fsp3) is 0.189. The van der Waals surface area contributed by atoms with Crippen molar-refractivity contribution in [1.82, 2.24) is 4.72 Å². The van der Waals surface area contributed by atoms with Crippen LogP contribution < -0.4 is 24.2 Å². The highest BCUT2D eigenvalue weighted by molar-refractivity contribution is 7.97. The van der Waals surface area contributed by atoms with E-state index >= 15 is 0 Å². The summed E-state index contributed by atoms with van der Waals surface area (Å²) in [5.74, 6) is 0.153. The van der Waals surface area contributed by atoms with Crippen LogP contribution in [0.5, 0.6) is 23.0 Å². The summed E-state index contributed by atoms with van der Waals surface area (Å²) in [7, 11) is 0. The Labute approximate surface area is 284 Å². The first-order valence-electron chi connectivity index (χ1n) is 15.5. The summed E-state index contributed by atoms with van der Waals surface area (Å²) in [5, 5.41) is 14.0. The van der Waals surface area contributed by atoms with E-state index < -0.39 is 18.2 Å². The molecule has 6 rings (SSSR count). The van der Waals surface area contributed by atoms with Crippen molar-refractivity contribution in [3.63, 3.8) is 0 Å². The topological polar surface area (TPSA) is 106 Å². The van der Waals surface area contributed by atoms with Crippen molar-refractivity contribution in [2.75, 3.05) is 5.32 Å². The minimum Gasteiger partial charge on any atom is -0.490 e. The number of fused-ring (bicyclic) bond motifs is 1. The molecule has 1 amide bonds. The first kappa shape index (κ1) is 33.7. The van der Waals surface area contributed by atoms with Crippen LogP contribution in [0.4, 0.5) is 18.9 Å². The maximum Gasteiger partial charge on any atom is 0.573 e. The van der Waals surface area contributed by atoms with Gasteiger partial charge in [-0.05, 0) is 133 Å². The largest absolute Gasteiger partial charge is 0.573 e. The molecule has 5 aromatic carbocycles. The van der Waals surface area contributed by atoms with Gasteiger partial charge in [0.25, 0.3) is 5.91 Å². The van der Waals surface area contributed by atoms with Crippen LogP contribution in [0.2, 0.25) is 0 Å². The lowest BCUT2D eigenvalue weighted by molar-refractivity contribution is -0.274. The van der Waals surface area contributed by atoms with Crippen molar-refractivity contribution >= 4 is 40.3 Å². The highest BCUT2D eigenvalue weighted by Gasteiger charge is 2.31. The summed E-state index contributed by atoms with van der Waals surface area (Å²) in [5.41, 5.74) is 0.582. The van der Waals surface area contributed by atoms with Gasteiger partial charge in [0.05, 0.1) is 17.4 Å². The molecule has 0 saturated heterocycles.